The third-order valence-corrected chi connectivity index (χ3v) is 4.57. The molecule has 0 radical (unpaired) electrons. The summed E-state index contributed by atoms with van der Waals surface area (Å²) in [5, 5.41) is 9.43. The van der Waals surface area contributed by atoms with E-state index in [0.717, 1.165) is 22.8 Å². The van der Waals surface area contributed by atoms with Gasteiger partial charge < -0.3 is 14.4 Å². The first kappa shape index (κ1) is 15.8. The molecule has 1 heterocycles. The van der Waals surface area contributed by atoms with Crippen LogP contribution in [0.15, 0.2) is 23.4 Å². The van der Waals surface area contributed by atoms with Gasteiger partial charge in [-0.15, -0.1) is 0 Å². The standard InChI is InChI=1S/C13H16N2O4S2/c1-19-9-3-4-10-11(7-9)15(5-6-21(2)18)13(14-10)20-8-12(16)17/h3-4,7H,5-6,8H2,1-2H3,(H,16,17). The molecule has 1 aromatic heterocycles. The van der Waals surface area contributed by atoms with Crippen molar-refractivity contribution >= 4 is 39.6 Å². The monoisotopic (exact) mass is 328 g/mol. The van der Waals surface area contributed by atoms with Crippen LogP contribution in [0.5, 0.6) is 5.75 Å². The van der Waals surface area contributed by atoms with E-state index in [9.17, 15) is 9.00 Å². The number of carboxylic acids is 1. The summed E-state index contributed by atoms with van der Waals surface area (Å²) < 4.78 is 18.4. The predicted octanol–water partition coefficient (Wildman–Crippen LogP) is 1.60. The Morgan fingerprint density at radius 2 is 2.29 bits per heavy atom. The Hall–Kier alpha value is -1.54. The second-order valence-corrected chi connectivity index (χ2v) is 6.86. The van der Waals surface area contributed by atoms with Gasteiger partial charge in [-0.3, -0.25) is 9.00 Å². The molecular weight excluding hydrogens is 312 g/mol. The molecule has 1 atom stereocenters. The highest BCUT2D eigenvalue weighted by Gasteiger charge is 2.13. The van der Waals surface area contributed by atoms with Crippen LogP contribution in [0.1, 0.15) is 0 Å². The predicted molar refractivity (Wildman–Crippen MR) is 83.6 cm³/mol. The fourth-order valence-electron chi connectivity index (χ4n) is 1.88. The normalized spacial score (nSPS) is 12.5. The van der Waals surface area contributed by atoms with E-state index in [2.05, 4.69) is 4.98 Å². The highest BCUT2D eigenvalue weighted by atomic mass is 32.2. The zero-order valence-electron chi connectivity index (χ0n) is 11.7. The fraction of sp³-hybridized carbons (Fsp3) is 0.385. The number of rotatable bonds is 7. The van der Waals surface area contributed by atoms with Crippen LogP contribution in [-0.4, -0.2) is 49.7 Å². The van der Waals surface area contributed by atoms with Gasteiger partial charge in [0.15, 0.2) is 5.16 Å². The summed E-state index contributed by atoms with van der Waals surface area (Å²) in [6, 6.07) is 5.49. The molecule has 0 amide bonds. The van der Waals surface area contributed by atoms with Crippen molar-refractivity contribution in [2.45, 2.75) is 11.7 Å². The highest BCUT2D eigenvalue weighted by molar-refractivity contribution is 7.99. The Bertz CT molecular complexity index is 684. The molecule has 0 bridgehead atoms. The minimum Gasteiger partial charge on any atom is -0.497 e. The quantitative estimate of drug-likeness (QED) is 0.778. The first-order valence-corrected chi connectivity index (χ1v) is 8.91. The number of aromatic nitrogens is 2. The number of carbonyl (C=O) groups is 1. The number of carboxylic acid groups (broad SMARTS) is 1. The zero-order chi connectivity index (χ0) is 15.4. The van der Waals surface area contributed by atoms with Crippen molar-refractivity contribution in [2.75, 3.05) is 24.9 Å². The van der Waals surface area contributed by atoms with Gasteiger partial charge >= 0.3 is 5.97 Å². The second-order valence-electron chi connectivity index (χ2n) is 4.36. The van der Waals surface area contributed by atoms with Crippen molar-refractivity contribution in [1.29, 1.82) is 0 Å². The average molecular weight is 328 g/mol. The van der Waals surface area contributed by atoms with Gasteiger partial charge in [0.2, 0.25) is 0 Å². The van der Waals surface area contributed by atoms with Crippen LogP contribution in [0.3, 0.4) is 0 Å². The molecule has 21 heavy (non-hydrogen) atoms. The molecule has 2 aromatic rings. The van der Waals surface area contributed by atoms with Gasteiger partial charge in [-0.25, -0.2) is 4.98 Å². The van der Waals surface area contributed by atoms with Gasteiger partial charge in [-0.05, 0) is 12.1 Å². The van der Waals surface area contributed by atoms with E-state index in [1.54, 1.807) is 13.4 Å². The first-order valence-electron chi connectivity index (χ1n) is 6.20. The van der Waals surface area contributed by atoms with Crippen LogP contribution < -0.4 is 4.74 Å². The maximum absolute atomic E-state index is 11.3. The molecule has 0 aliphatic rings. The number of hydrogen-bond donors (Lipinski definition) is 1. The van der Waals surface area contributed by atoms with Gasteiger partial charge in [-0.2, -0.15) is 0 Å². The fourth-order valence-corrected chi connectivity index (χ4v) is 3.08. The summed E-state index contributed by atoms with van der Waals surface area (Å²) in [6.07, 6.45) is 1.64. The van der Waals surface area contributed by atoms with E-state index in [1.165, 1.54) is 0 Å². The van der Waals surface area contributed by atoms with E-state index in [1.807, 2.05) is 22.8 Å². The average Bonchev–Trinajstić information content (AvgIpc) is 2.79. The lowest BCUT2D eigenvalue weighted by Gasteiger charge is -2.07. The maximum atomic E-state index is 11.3. The molecule has 1 unspecified atom stereocenters. The summed E-state index contributed by atoms with van der Waals surface area (Å²) in [4.78, 5) is 15.2. The third-order valence-electron chi connectivity index (χ3n) is 2.85. The van der Waals surface area contributed by atoms with E-state index in [0.29, 0.717) is 23.2 Å². The Morgan fingerprint density at radius 3 is 2.90 bits per heavy atom. The van der Waals surface area contributed by atoms with Gasteiger partial charge in [-0.1, -0.05) is 11.8 Å². The van der Waals surface area contributed by atoms with Crippen LogP contribution in [0.2, 0.25) is 0 Å². The van der Waals surface area contributed by atoms with Gasteiger partial charge in [0.25, 0.3) is 0 Å². The molecule has 0 spiro atoms. The number of fused-ring (bicyclic) bond motifs is 1. The van der Waals surface area contributed by atoms with Gasteiger partial charge in [0.1, 0.15) is 5.75 Å². The van der Waals surface area contributed by atoms with E-state index in [-0.39, 0.29) is 5.75 Å². The Balaban J connectivity index is 2.41. The molecular formula is C13H16N2O4S2. The lowest BCUT2D eigenvalue weighted by atomic mass is 10.3. The lowest BCUT2D eigenvalue weighted by Crippen LogP contribution is -2.08. The SMILES string of the molecule is COc1ccc2nc(SCC(=O)O)n(CCS(C)=O)c2c1. The second kappa shape index (κ2) is 6.95. The first-order chi connectivity index (χ1) is 10.0. The Morgan fingerprint density at radius 1 is 1.52 bits per heavy atom. The minimum absolute atomic E-state index is 0.0599. The molecule has 8 heteroatoms. The van der Waals surface area contributed by atoms with Crippen molar-refractivity contribution in [3.63, 3.8) is 0 Å². The van der Waals surface area contributed by atoms with Gasteiger partial charge in [0, 0.05) is 35.4 Å². The van der Waals surface area contributed by atoms with Gasteiger partial charge in [0.05, 0.1) is 23.9 Å². The number of ether oxygens (including phenoxy) is 1. The van der Waals surface area contributed by atoms with Crippen molar-refractivity contribution in [3.8, 4) is 5.75 Å². The van der Waals surface area contributed by atoms with Crippen LogP contribution in [0.25, 0.3) is 11.0 Å². The van der Waals surface area contributed by atoms with Crippen LogP contribution in [-0.2, 0) is 22.1 Å². The van der Waals surface area contributed by atoms with Crippen molar-refractivity contribution in [2.24, 2.45) is 0 Å². The number of hydrogen-bond acceptors (Lipinski definition) is 5. The molecule has 1 N–H and O–H groups in total. The molecule has 0 saturated carbocycles. The number of aryl methyl sites for hydroxylation is 1. The zero-order valence-corrected chi connectivity index (χ0v) is 13.4. The summed E-state index contributed by atoms with van der Waals surface area (Å²) in [5.41, 5.74) is 1.62. The van der Waals surface area contributed by atoms with E-state index < -0.39 is 16.8 Å². The van der Waals surface area contributed by atoms with Crippen LogP contribution in [0.4, 0.5) is 0 Å². The molecule has 2 rings (SSSR count). The van der Waals surface area contributed by atoms with E-state index >= 15 is 0 Å². The molecule has 6 nitrogen and oxygen atoms in total. The number of thioether (sulfide) groups is 1. The number of imidazole rings is 1. The number of methoxy groups -OCH3 is 1. The molecule has 0 saturated heterocycles. The highest BCUT2D eigenvalue weighted by Crippen LogP contribution is 2.27. The summed E-state index contributed by atoms with van der Waals surface area (Å²) in [5.74, 6) is 0.241. The molecule has 0 aliphatic carbocycles. The third kappa shape index (κ3) is 3.98. The number of benzene rings is 1. The van der Waals surface area contributed by atoms with Crippen LogP contribution >= 0.6 is 11.8 Å². The van der Waals surface area contributed by atoms with E-state index in [4.69, 9.17) is 9.84 Å². The smallest absolute Gasteiger partial charge is 0.313 e. The minimum atomic E-state index is -0.927. The largest absolute Gasteiger partial charge is 0.497 e. The number of nitrogens with zero attached hydrogens (tertiary/aromatic N) is 2. The Labute approximate surface area is 129 Å². The topological polar surface area (TPSA) is 81.4 Å². The van der Waals surface area contributed by atoms with Crippen molar-refractivity contribution < 1.29 is 18.8 Å². The summed E-state index contributed by atoms with van der Waals surface area (Å²) in [6.45, 7) is 0.523. The Kier molecular flexibility index (Phi) is 5.24. The lowest BCUT2D eigenvalue weighted by molar-refractivity contribution is -0.133. The maximum Gasteiger partial charge on any atom is 0.313 e. The van der Waals surface area contributed by atoms with Crippen molar-refractivity contribution in [1.82, 2.24) is 9.55 Å². The number of aliphatic carboxylic acids is 1. The van der Waals surface area contributed by atoms with Crippen LogP contribution in [0, 0.1) is 0 Å². The molecule has 114 valence electrons. The molecule has 0 fully saturated rings. The summed E-state index contributed by atoms with van der Waals surface area (Å²) in [7, 11) is 0.660. The van der Waals surface area contributed by atoms with Crippen molar-refractivity contribution in [3.05, 3.63) is 18.2 Å². The summed E-state index contributed by atoms with van der Waals surface area (Å²) >= 11 is 1.16. The molecule has 1 aromatic carbocycles. The molecule has 0 aliphatic heterocycles.